The van der Waals surface area contributed by atoms with Crippen molar-refractivity contribution in [1.29, 1.82) is 0 Å². The normalized spacial score (nSPS) is 11.9. The summed E-state index contributed by atoms with van der Waals surface area (Å²) >= 11 is 0. The van der Waals surface area contributed by atoms with Crippen molar-refractivity contribution in [3.8, 4) is 44.5 Å². The van der Waals surface area contributed by atoms with Gasteiger partial charge in [0.2, 0.25) is 0 Å². The molecule has 5 heterocycles. The molecular formula is C86H120CoN12O18Si4. The van der Waals surface area contributed by atoms with Crippen LogP contribution < -0.4 is 52.5 Å². The van der Waals surface area contributed by atoms with Crippen LogP contribution in [0.4, 0.5) is 41.9 Å². The molecule has 0 atom stereocenters. The smallest absolute Gasteiger partial charge is 0.657 e. The van der Waals surface area contributed by atoms with Crippen LogP contribution in [-0.2, 0) is 74.7 Å². The number of rotatable bonds is 48. The molecule has 30 nitrogen and oxygen atoms in total. The zero-order valence-electron chi connectivity index (χ0n) is 71.8. The first-order chi connectivity index (χ1) is 58.2. The quantitative estimate of drug-likeness (QED) is 0.0126. The van der Waals surface area contributed by atoms with E-state index in [9.17, 15) is 19.2 Å². The summed E-state index contributed by atoms with van der Waals surface area (Å²) in [7, 11) is -12.1. The molecule has 8 bridgehead atoms. The van der Waals surface area contributed by atoms with Gasteiger partial charge in [0.25, 0.3) is 5.97 Å². The molecule has 9 rings (SSSR count). The Morgan fingerprint density at radius 3 is 0.653 bits per heavy atom. The third-order valence-electron chi connectivity index (χ3n) is 18.5. The van der Waals surface area contributed by atoms with E-state index in [2.05, 4.69) is 42.5 Å². The van der Waals surface area contributed by atoms with Crippen LogP contribution >= 0.6 is 0 Å². The van der Waals surface area contributed by atoms with Gasteiger partial charge in [-0.2, -0.15) is 0 Å². The number of urea groups is 4. The van der Waals surface area contributed by atoms with Crippen molar-refractivity contribution in [2.24, 2.45) is 0 Å². The molecule has 0 aliphatic carbocycles. The Morgan fingerprint density at radius 1 is 0.306 bits per heavy atom. The summed E-state index contributed by atoms with van der Waals surface area (Å²) in [5.41, 5.74) is 10.1. The maximum atomic E-state index is 14.4. The third kappa shape index (κ3) is 28.5. The minimum atomic E-state index is -3.01. The van der Waals surface area contributed by atoms with Crippen molar-refractivity contribution in [3.05, 3.63) is 144 Å². The summed E-state index contributed by atoms with van der Waals surface area (Å²) in [5.74, 6) is -0.833. The standard InChI is InChI=1S/C84H118N12O16Si4.C2H4O2.Co/c1-13-101-113(102-14-2,103-15-3)57-33-53-85-81(97)93-65-41-29-25-37-61(65)77-69-45-47-71(89-69)78(62-38-26-30-42-66(62)94-82(98)86-54-34-58-114(104-16-4,105-17-5)106-18-6)73-49-51-75(91-73)80(64-40-28-32-44-68(64)96-84(100)88-56-36-60-116(110-22-10,111-23-11)112-24-12)76-52-50-74(92-76)79(72-48-46-70(77)90-72)63-39-27-31-43-67(63)95-83(99)87-55-35-59-115(107-19-7,108-20-8)109-21-9;1-2(3)4;/h25-32,37-52H,13-24,33-36,53-60H2,1-12H3,(H10,85,86,87,88,89,90,91,92,93,94,95,96,97,98,99,100);1H3,(H,3,4);/q;;+2/p-2. The molecule has 9 N–H and O–H groups in total. The molecule has 657 valence electrons. The Balaban J connectivity index is 0.00000394. The van der Waals surface area contributed by atoms with E-state index >= 15 is 0 Å². The molecule has 121 heavy (non-hydrogen) atoms. The zero-order chi connectivity index (χ0) is 86.3. The number of benzene rings is 4. The Bertz CT molecular complexity index is 4100. The molecular weight excluding hydrogens is 1660 g/mol. The molecule has 0 spiro atoms. The number of fused-ring (bicyclic) bond motifs is 8. The summed E-state index contributed by atoms with van der Waals surface area (Å²) in [5, 5.41) is 32.3. The maximum absolute atomic E-state index is 14.4. The fourth-order valence-corrected chi connectivity index (χ4v) is 24.6. The number of amides is 8. The molecule has 0 saturated carbocycles. The second-order valence-electron chi connectivity index (χ2n) is 26.9. The maximum Gasteiger partial charge on any atom is 2.00 e. The Hall–Kier alpha value is -9.08. The van der Waals surface area contributed by atoms with Crippen LogP contribution in [0.15, 0.2) is 121 Å². The Kier molecular flexibility index (Phi) is 41.8. The van der Waals surface area contributed by atoms with E-state index in [1.54, 1.807) is 0 Å². The molecule has 8 amide bonds. The van der Waals surface area contributed by atoms with Crippen LogP contribution in [-0.4, -0.2) is 186 Å². The van der Waals surface area contributed by atoms with Crippen molar-refractivity contribution < 1.29 is 99.0 Å². The summed E-state index contributed by atoms with van der Waals surface area (Å²) in [4.78, 5) is 88.7. The first kappa shape index (κ1) is 99.0. The largest absolute Gasteiger partial charge is 2.00 e. The van der Waals surface area contributed by atoms with Gasteiger partial charge in [0.15, 0.2) is 0 Å². The summed E-state index contributed by atoms with van der Waals surface area (Å²) < 4.78 is 73.6. The minimum Gasteiger partial charge on any atom is -0.657 e. The molecule has 4 aromatic carbocycles. The fraction of sp³-hybridized carbons (Fsp3) is 0.430. The van der Waals surface area contributed by atoms with Crippen molar-refractivity contribution in [2.75, 3.05) is 127 Å². The predicted molar refractivity (Wildman–Crippen MR) is 480 cm³/mol. The van der Waals surface area contributed by atoms with Crippen LogP contribution in [0.1, 0.15) is 138 Å². The van der Waals surface area contributed by atoms with Crippen molar-refractivity contribution in [3.63, 3.8) is 0 Å². The van der Waals surface area contributed by atoms with Crippen molar-refractivity contribution >= 4 is 134 Å². The summed E-state index contributed by atoms with van der Waals surface area (Å²) in [6.45, 7) is 30.3. The van der Waals surface area contributed by atoms with Crippen LogP contribution in [0, 0.1) is 0 Å². The van der Waals surface area contributed by atoms with Crippen molar-refractivity contribution in [2.45, 2.75) is 140 Å². The molecule has 0 fully saturated rings. The van der Waals surface area contributed by atoms with E-state index in [1.165, 1.54) is 0 Å². The number of aliphatic carboxylic acids is 1. The average molecular weight is 1780 g/mol. The van der Waals surface area contributed by atoms with Gasteiger partial charge in [-0.25, -0.2) is 29.1 Å². The first-order valence-corrected chi connectivity index (χ1v) is 49.4. The second kappa shape index (κ2) is 51.1. The van der Waals surface area contributed by atoms with Gasteiger partial charge in [0, 0.05) is 159 Å². The summed E-state index contributed by atoms with van der Waals surface area (Å²) in [6, 6.07) is 37.7. The first-order valence-electron chi connectivity index (χ1n) is 41.7. The zero-order valence-corrected chi connectivity index (χ0v) is 76.9. The summed E-state index contributed by atoms with van der Waals surface area (Å²) in [6.07, 6.45) is 9.72. The number of nitrogens with zero attached hydrogens (tertiary/aromatic N) is 4. The van der Waals surface area contributed by atoms with E-state index in [4.69, 9.17) is 82.9 Å². The van der Waals surface area contributed by atoms with Gasteiger partial charge in [-0.3, -0.25) is 4.79 Å². The number of para-hydroxylation sites is 4. The number of aromatic nitrogens is 4. The number of hydrogen-bond acceptors (Lipinski definition) is 19. The van der Waals surface area contributed by atoms with Crippen LogP contribution in [0.25, 0.3) is 90.9 Å². The van der Waals surface area contributed by atoms with Crippen molar-refractivity contribution in [1.82, 2.24) is 41.2 Å². The Labute approximate surface area is 725 Å². The van der Waals surface area contributed by atoms with E-state index in [-0.39, 0.29) is 16.8 Å². The van der Waals surface area contributed by atoms with Gasteiger partial charge in [0.05, 0.1) is 45.5 Å². The van der Waals surface area contributed by atoms with Gasteiger partial charge in [-0.15, -0.1) is 22.1 Å². The molecule has 35 heteroatoms. The molecule has 0 unspecified atom stereocenters. The van der Waals surface area contributed by atoms with Crippen LogP contribution in [0.5, 0.6) is 0 Å². The van der Waals surface area contributed by atoms with Crippen LogP contribution in [0.3, 0.4) is 0 Å². The number of carbonyl (C=O) groups excluding carboxylic acids is 4. The number of carboxylic acids is 1. The predicted octanol–water partition coefficient (Wildman–Crippen LogP) is 16.9. The monoisotopic (exact) mass is 1780 g/mol. The number of anilines is 4. The van der Waals surface area contributed by atoms with E-state index in [0.717, 1.165) is 6.92 Å². The number of carboxylic acid groups (broad SMARTS) is 1. The average Bonchev–Trinajstić information content (AvgIpc) is 1.61. The molecule has 3 aromatic heterocycles. The van der Waals surface area contributed by atoms with E-state index < -0.39 is 65.3 Å². The van der Waals surface area contributed by atoms with Gasteiger partial charge >= 0.3 is 76.1 Å². The minimum absolute atomic E-state index is 0. The van der Waals surface area contributed by atoms with Gasteiger partial charge in [-0.1, -0.05) is 97.1 Å². The van der Waals surface area contributed by atoms with Gasteiger partial charge < -0.3 is 111 Å². The van der Waals surface area contributed by atoms with Gasteiger partial charge in [0.1, 0.15) is 0 Å². The molecule has 1 radical (unpaired) electrons. The van der Waals surface area contributed by atoms with Gasteiger partial charge in [-0.05, 0) is 180 Å². The number of nitrogens with one attached hydrogen (secondary N) is 8. The van der Waals surface area contributed by atoms with E-state index in [1.807, 2.05) is 229 Å². The van der Waals surface area contributed by atoms with E-state index in [0.29, 0.717) is 267 Å². The van der Waals surface area contributed by atoms with Crippen LogP contribution in [0.2, 0.25) is 24.2 Å². The SMILES string of the molecule is CC(=O)O.CCO[Si](CCCNC(=O)Nc1ccccc1-c1c2nc(c(-c3ccccc3NC(=O)NCCC[Si](OCC)(OCC)OCC)c3ccc([n-]3)c(-c3ccccc3NC(=O)NCCC[Si](OCC)(OCC)OCC)c3nc(c(-c4ccccc4NC(=O)NCCC[Si](OCC)(OCC)OCC)c4ccc1[n-]4)C=C3)C=C2)(OCC)OCC.[Co+2]. The number of hydrogen-bond donors (Lipinski definition) is 9. The molecule has 0 saturated heterocycles. The molecule has 7 aromatic rings. The molecule has 2 aliphatic heterocycles. The topological polar surface area (TPSA) is 367 Å². The Morgan fingerprint density at radius 2 is 0.479 bits per heavy atom. The fourth-order valence-electron chi connectivity index (χ4n) is 14.1. The molecule has 2 aliphatic rings. The number of carbonyl (C=O) groups is 5. The third-order valence-corrected chi connectivity index (χ3v) is 31.1. The second-order valence-corrected chi connectivity index (χ2v) is 37.9.